The Kier molecular flexibility index (Phi) is 5.29. The largest absolute Gasteiger partial charge is 0.496 e. The Morgan fingerprint density at radius 2 is 2.04 bits per heavy atom. The molecule has 2 aromatic carbocycles. The lowest BCUT2D eigenvalue weighted by Crippen LogP contribution is -2.21. The van der Waals surface area contributed by atoms with Crippen LogP contribution >= 0.6 is 11.6 Å². The van der Waals surface area contributed by atoms with Gasteiger partial charge in [-0.25, -0.2) is 4.79 Å². The van der Waals surface area contributed by atoms with Crippen LogP contribution in [0.15, 0.2) is 46.9 Å². The van der Waals surface area contributed by atoms with Crippen molar-refractivity contribution in [1.82, 2.24) is 0 Å². The van der Waals surface area contributed by atoms with E-state index in [0.29, 0.717) is 16.0 Å². The number of nitrogens with one attached hydrogen (secondary N) is 1. The molecule has 1 heterocycles. The Hall–Kier alpha value is -3.50. The average molecular weight is 385 g/mol. The van der Waals surface area contributed by atoms with Crippen LogP contribution in [0.5, 0.6) is 5.75 Å². The molecule has 1 aromatic heterocycles. The molecule has 0 atom stereocenters. The quantitative estimate of drug-likeness (QED) is 0.672. The van der Waals surface area contributed by atoms with Crippen molar-refractivity contribution in [2.24, 2.45) is 0 Å². The number of amides is 1. The van der Waals surface area contributed by atoms with Crippen LogP contribution in [0.1, 0.15) is 16.1 Å². The number of anilines is 1. The summed E-state index contributed by atoms with van der Waals surface area (Å²) in [4.78, 5) is 24.4. The van der Waals surface area contributed by atoms with E-state index in [9.17, 15) is 14.9 Å². The van der Waals surface area contributed by atoms with Crippen molar-refractivity contribution in [3.05, 3.63) is 58.8 Å². The van der Waals surface area contributed by atoms with Crippen LogP contribution in [0.2, 0.25) is 5.02 Å². The van der Waals surface area contributed by atoms with Gasteiger partial charge in [0.2, 0.25) is 5.76 Å². The van der Waals surface area contributed by atoms with Gasteiger partial charge in [-0.2, -0.15) is 5.26 Å². The number of methoxy groups -OCH3 is 1. The summed E-state index contributed by atoms with van der Waals surface area (Å²) in [6, 6.07) is 13.2. The standard InChI is InChI=1S/C19H13ClN2O5/c1-25-14-7-6-11(20)8-13(14)19(24)26-10-17(23)22-18-12-4-2-3-5-15(12)27-16(18)9-21/h2-8H,10H2,1H3,(H,22,23). The molecule has 0 radical (unpaired) electrons. The number of fused-ring (bicyclic) bond motifs is 1. The Bertz CT molecular complexity index is 1070. The molecule has 0 aliphatic rings. The average Bonchev–Trinajstić information content (AvgIpc) is 3.03. The Morgan fingerprint density at radius 3 is 2.78 bits per heavy atom. The molecule has 0 unspecified atom stereocenters. The van der Waals surface area contributed by atoms with E-state index in [1.165, 1.54) is 19.2 Å². The monoisotopic (exact) mass is 384 g/mol. The number of halogens is 1. The predicted octanol–water partition coefficient (Wildman–Crippen LogP) is 3.76. The Labute approximate surface area is 159 Å². The van der Waals surface area contributed by atoms with Gasteiger partial charge in [-0.3, -0.25) is 4.79 Å². The molecule has 8 heteroatoms. The van der Waals surface area contributed by atoms with Crippen LogP contribution in [0, 0.1) is 11.3 Å². The highest BCUT2D eigenvalue weighted by molar-refractivity contribution is 6.31. The fraction of sp³-hybridized carbons (Fsp3) is 0.105. The smallest absolute Gasteiger partial charge is 0.342 e. The fourth-order valence-electron chi connectivity index (χ4n) is 2.47. The highest BCUT2D eigenvalue weighted by atomic mass is 35.5. The second kappa shape index (κ2) is 7.81. The summed E-state index contributed by atoms with van der Waals surface area (Å²) in [7, 11) is 1.40. The third kappa shape index (κ3) is 3.86. The van der Waals surface area contributed by atoms with Crippen LogP contribution in [0.4, 0.5) is 5.69 Å². The fourth-order valence-corrected chi connectivity index (χ4v) is 2.64. The highest BCUT2D eigenvalue weighted by Gasteiger charge is 2.19. The first kappa shape index (κ1) is 18.3. The van der Waals surface area contributed by atoms with E-state index in [2.05, 4.69) is 5.32 Å². The number of esters is 1. The molecule has 0 aliphatic carbocycles. The highest BCUT2D eigenvalue weighted by Crippen LogP contribution is 2.30. The van der Waals surface area contributed by atoms with Gasteiger partial charge < -0.3 is 19.2 Å². The van der Waals surface area contributed by atoms with Crippen LogP contribution in [0.25, 0.3) is 11.0 Å². The van der Waals surface area contributed by atoms with Crippen molar-refractivity contribution < 1.29 is 23.5 Å². The van der Waals surface area contributed by atoms with Gasteiger partial charge in [-0.15, -0.1) is 0 Å². The van der Waals surface area contributed by atoms with Crippen LogP contribution in [0.3, 0.4) is 0 Å². The molecule has 0 bridgehead atoms. The molecule has 1 amide bonds. The molecule has 0 saturated carbocycles. The van der Waals surface area contributed by atoms with E-state index >= 15 is 0 Å². The van der Waals surface area contributed by atoms with Crippen molar-refractivity contribution >= 4 is 40.1 Å². The maximum Gasteiger partial charge on any atom is 0.342 e. The molecule has 7 nitrogen and oxygen atoms in total. The lowest BCUT2D eigenvalue weighted by atomic mass is 10.2. The van der Waals surface area contributed by atoms with Gasteiger partial charge in [0.05, 0.1) is 7.11 Å². The zero-order chi connectivity index (χ0) is 19.4. The van der Waals surface area contributed by atoms with E-state index in [-0.39, 0.29) is 22.8 Å². The van der Waals surface area contributed by atoms with Gasteiger partial charge in [0.1, 0.15) is 28.7 Å². The summed E-state index contributed by atoms with van der Waals surface area (Å²) in [5.74, 6) is -1.14. The zero-order valence-corrected chi connectivity index (χ0v) is 14.9. The number of rotatable bonds is 5. The lowest BCUT2D eigenvalue weighted by molar-refractivity contribution is -0.119. The summed E-state index contributed by atoms with van der Waals surface area (Å²) in [6.45, 7) is -0.557. The second-order valence-corrected chi connectivity index (χ2v) is 5.82. The maximum absolute atomic E-state index is 12.2. The summed E-state index contributed by atoms with van der Waals surface area (Å²) in [6.07, 6.45) is 0. The van der Waals surface area contributed by atoms with Gasteiger partial charge in [-0.1, -0.05) is 23.7 Å². The van der Waals surface area contributed by atoms with Crippen molar-refractivity contribution in [3.63, 3.8) is 0 Å². The number of ether oxygens (including phenoxy) is 2. The van der Waals surface area contributed by atoms with Crippen LogP contribution < -0.4 is 10.1 Å². The number of nitriles is 1. The summed E-state index contributed by atoms with van der Waals surface area (Å²) >= 11 is 5.88. The SMILES string of the molecule is COc1ccc(Cl)cc1C(=O)OCC(=O)Nc1c(C#N)oc2ccccc12. The molecule has 1 N–H and O–H groups in total. The topological polar surface area (TPSA) is 102 Å². The molecule has 27 heavy (non-hydrogen) atoms. The molecule has 136 valence electrons. The number of hydrogen-bond donors (Lipinski definition) is 1. The van der Waals surface area contributed by atoms with E-state index in [4.69, 9.17) is 25.5 Å². The number of carbonyl (C=O) groups is 2. The first-order chi connectivity index (χ1) is 13.0. The van der Waals surface area contributed by atoms with E-state index in [1.807, 2.05) is 6.07 Å². The van der Waals surface area contributed by atoms with E-state index < -0.39 is 18.5 Å². The number of benzene rings is 2. The Balaban J connectivity index is 1.72. The summed E-state index contributed by atoms with van der Waals surface area (Å²) in [5, 5.41) is 12.6. The summed E-state index contributed by atoms with van der Waals surface area (Å²) < 4.78 is 15.5. The first-order valence-electron chi connectivity index (χ1n) is 7.75. The molecule has 3 aromatic rings. The molecule has 0 saturated heterocycles. The second-order valence-electron chi connectivity index (χ2n) is 5.38. The molecule has 0 aliphatic heterocycles. The van der Waals surface area contributed by atoms with Crippen LogP contribution in [-0.4, -0.2) is 25.6 Å². The van der Waals surface area contributed by atoms with Gasteiger partial charge in [0.15, 0.2) is 6.61 Å². The minimum absolute atomic E-state index is 0.0348. The van der Waals surface area contributed by atoms with Gasteiger partial charge in [0.25, 0.3) is 5.91 Å². The van der Waals surface area contributed by atoms with E-state index in [0.717, 1.165) is 0 Å². The van der Waals surface area contributed by atoms with Gasteiger partial charge >= 0.3 is 5.97 Å². The third-order valence-corrected chi connectivity index (χ3v) is 3.91. The Morgan fingerprint density at radius 1 is 1.26 bits per heavy atom. The van der Waals surface area contributed by atoms with Gasteiger partial charge in [0, 0.05) is 10.4 Å². The molecule has 3 rings (SSSR count). The molecular formula is C19H13ClN2O5. The van der Waals surface area contributed by atoms with Crippen molar-refractivity contribution in [2.45, 2.75) is 0 Å². The maximum atomic E-state index is 12.2. The normalized spacial score (nSPS) is 10.3. The molecular weight excluding hydrogens is 372 g/mol. The number of para-hydroxylation sites is 1. The minimum atomic E-state index is -0.762. The number of nitrogens with zero attached hydrogens (tertiary/aromatic N) is 1. The van der Waals surface area contributed by atoms with Crippen molar-refractivity contribution in [1.29, 1.82) is 5.26 Å². The number of furan rings is 1. The zero-order valence-electron chi connectivity index (χ0n) is 14.1. The van der Waals surface area contributed by atoms with E-state index in [1.54, 1.807) is 30.3 Å². The molecule has 0 fully saturated rings. The summed E-state index contributed by atoms with van der Waals surface area (Å²) in [5.41, 5.74) is 0.795. The predicted molar refractivity (Wildman–Crippen MR) is 97.8 cm³/mol. The number of hydrogen-bond acceptors (Lipinski definition) is 6. The molecule has 0 spiro atoms. The van der Waals surface area contributed by atoms with Gasteiger partial charge in [-0.05, 0) is 30.3 Å². The van der Waals surface area contributed by atoms with Crippen molar-refractivity contribution in [3.8, 4) is 11.8 Å². The third-order valence-electron chi connectivity index (χ3n) is 3.68. The van der Waals surface area contributed by atoms with Crippen molar-refractivity contribution in [2.75, 3.05) is 19.0 Å². The van der Waals surface area contributed by atoms with Crippen LogP contribution in [-0.2, 0) is 9.53 Å². The lowest BCUT2D eigenvalue weighted by Gasteiger charge is -2.09. The first-order valence-corrected chi connectivity index (χ1v) is 8.13. The minimum Gasteiger partial charge on any atom is -0.496 e. The number of carbonyl (C=O) groups excluding carboxylic acids is 2.